The van der Waals surface area contributed by atoms with Gasteiger partial charge in [-0.15, -0.1) is 0 Å². The fourth-order valence-corrected chi connectivity index (χ4v) is 2.30. The highest BCUT2D eigenvalue weighted by Crippen LogP contribution is 2.37. The number of benzene rings is 1. The molecule has 0 aliphatic carbocycles. The van der Waals surface area contributed by atoms with Crippen molar-refractivity contribution in [1.29, 1.82) is 0 Å². The Labute approximate surface area is 130 Å². The summed E-state index contributed by atoms with van der Waals surface area (Å²) in [5.41, 5.74) is 0.0109. The maximum absolute atomic E-state index is 11.7. The number of carbonyl (C=O) groups excluding carboxylic acids is 1. The van der Waals surface area contributed by atoms with Crippen LogP contribution in [0.4, 0.5) is 0 Å². The minimum absolute atomic E-state index is 0.0109. The molecule has 0 spiro atoms. The molecule has 0 radical (unpaired) electrons. The molecule has 0 aliphatic rings. The third-order valence-corrected chi connectivity index (χ3v) is 3.47. The van der Waals surface area contributed by atoms with Crippen molar-refractivity contribution in [2.75, 3.05) is 6.61 Å². The van der Waals surface area contributed by atoms with Crippen molar-refractivity contribution in [2.24, 2.45) is 0 Å². The number of phosphoric ester groups is 1. The molecule has 0 heterocycles. The van der Waals surface area contributed by atoms with Gasteiger partial charge in [0.1, 0.15) is 11.3 Å². The molecule has 2 N–H and O–H groups in total. The number of phosphoric acid groups is 1. The van der Waals surface area contributed by atoms with Crippen LogP contribution in [0.2, 0.25) is 0 Å². The Bertz CT molecular complexity index is 511. The molecule has 0 aliphatic heterocycles. The van der Waals surface area contributed by atoms with E-state index in [1.807, 2.05) is 0 Å². The van der Waals surface area contributed by atoms with E-state index in [0.29, 0.717) is 6.61 Å². The van der Waals surface area contributed by atoms with Gasteiger partial charge in [-0.25, -0.2) is 9.36 Å². The number of para-hydroxylation sites is 1. The van der Waals surface area contributed by atoms with Crippen molar-refractivity contribution in [3.8, 4) is 5.75 Å². The minimum atomic E-state index is -4.86. The third-order valence-electron chi connectivity index (χ3n) is 3.06. The number of hydrogen-bond acceptors (Lipinski definition) is 4. The van der Waals surface area contributed by atoms with Gasteiger partial charge in [-0.2, -0.15) is 0 Å². The van der Waals surface area contributed by atoms with Crippen LogP contribution in [0.3, 0.4) is 0 Å². The lowest BCUT2D eigenvalue weighted by Crippen LogP contribution is -2.07. The monoisotopic (exact) mass is 330 g/mol. The fraction of sp³-hybridized carbons (Fsp3) is 0.533. The molecule has 7 heteroatoms. The van der Waals surface area contributed by atoms with E-state index in [-0.39, 0.29) is 11.3 Å². The molecule has 0 amide bonds. The average Bonchev–Trinajstić information content (AvgIpc) is 2.45. The molecule has 1 rings (SSSR count). The first-order valence-corrected chi connectivity index (χ1v) is 8.98. The number of ether oxygens (including phenoxy) is 1. The SMILES string of the molecule is CCCCCCCCOc1ccccc1C(=O)OP(=O)(O)O. The summed E-state index contributed by atoms with van der Waals surface area (Å²) < 4.78 is 20.3. The van der Waals surface area contributed by atoms with Crippen LogP contribution in [0.5, 0.6) is 5.75 Å². The highest BCUT2D eigenvalue weighted by atomic mass is 31.2. The lowest BCUT2D eigenvalue weighted by Gasteiger charge is -2.11. The normalized spacial score (nSPS) is 11.2. The van der Waals surface area contributed by atoms with Crippen LogP contribution in [0.1, 0.15) is 55.8 Å². The van der Waals surface area contributed by atoms with Crippen molar-refractivity contribution in [1.82, 2.24) is 0 Å². The molecule has 0 saturated carbocycles. The molecule has 0 atom stereocenters. The lowest BCUT2D eigenvalue weighted by molar-refractivity contribution is 0.0673. The van der Waals surface area contributed by atoms with Crippen molar-refractivity contribution >= 4 is 13.8 Å². The molecule has 0 fully saturated rings. The summed E-state index contributed by atoms with van der Waals surface area (Å²) in [5.74, 6) is -0.818. The van der Waals surface area contributed by atoms with E-state index < -0.39 is 13.8 Å². The molecule has 0 aromatic heterocycles. The molecule has 0 unspecified atom stereocenters. The molecular weight excluding hydrogens is 307 g/mol. The first-order chi connectivity index (χ1) is 10.4. The number of unbranched alkanes of at least 4 members (excludes halogenated alkanes) is 5. The van der Waals surface area contributed by atoms with Gasteiger partial charge in [0.15, 0.2) is 0 Å². The van der Waals surface area contributed by atoms with Gasteiger partial charge in [-0.05, 0) is 18.6 Å². The minimum Gasteiger partial charge on any atom is -0.493 e. The van der Waals surface area contributed by atoms with E-state index in [0.717, 1.165) is 19.3 Å². The van der Waals surface area contributed by atoms with Gasteiger partial charge in [0.2, 0.25) is 0 Å². The quantitative estimate of drug-likeness (QED) is 0.502. The van der Waals surface area contributed by atoms with Crippen LogP contribution in [-0.4, -0.2) is 22.4 Å². The van der Waals surface area contributed by atoms with Crippen LogP contribution in [0.25, 0.3) is 0 Å². The number of rotatable bonds is 10. The smallest absolute Gasteiger partial charge is 0.493 e. The molecule has 1 aromatic rings. The van der Waals surface area contributed by atoms with Gasteiger partial charge in [0.05, 0.1) is 6.61 Å². The molecule has 0 saturated heterocycles. The van der Waals surface area contributed by atoms with Crippen molar-refractivity contribution in [3.63, 3.8) is 0 Å². The number of hydrogen-bond donors (Lipinski definition) is 2. The van der Waals surface area contributed by atoms with Crippen molar-refractivity contribution in [2.45, 2.75) is 45.4 Å². The maximum atomic E-state index is 11.7. The first kappa shape index (κ1) is 18.7. The Morgan fingerprint density at radius 3 is 2.41 bits per heavy atom. The Morgan fingerprint density at radius 1 is 1.09 bits per heavy atom. The largest absolute Gasteiger partial charge is 0.527 e. The van der Waals surface area contributed by atoms with E-state index in [2.05, 4.69) is 11.4 Å². The summed E-state index contributed by atoms with van der Waals surface area (Å²) in [6.07, 6.45) is 6.71. The zero-order valence-corrected chi connectivity index (χ0v) is 13.6. The fourth-order valence-electron chi connectivity index (χ4n) is 1.98. The Balaban J connectivity index is 2.47. The topological polar surface area (TPSA) is 93.1 Å². The second-order valence-electron chi connectivity index (χ2n) is 4.98. The average molecular weight is 330 g/mol. The predicted octanol–water partition coefficient (Wildman–Crippen LogP) is 3.68. The van der Waals surface area contributed by atoms with E-state index in [4.69, 9.17) is 14.5 Å². The van der Waals surface area contributed by atoms with Crippen LogP contribution in [-0.2, 0) is 9.09 Å². The second kappa shape index (κ2) is 9.62. The Hall–Kier alpha value is -1.36. The van der Waals surface area contributed by atoms with Crippen LogP contribution >= 0.6 is 7.82 Å². The summed E-state index contributed by atoms with van der Waals surface area (Å²) in [6.45, 7) is 2.61. The summed E-state index contributed by atoms with van der Waals surface area (Å²) >= 11 is 0. The molecule has 124 valence electrons. The van der Waals surface area contributed by atoms with E-state index in [1.165, 1.54) is 25.3 Å². The van der Waals surface area contributed by atoms with Gasteiger partial charge < -0.3 is 9.26 Å². The predicted molar refractivity (Wildman–Crippen MR) is 82.8 cm³/mol. The van der Waals surface area contributed by atoms with E-state index in [9.17, 15) is 9.36 Å². The molecule has 0 bridgehead atoms. The molecular formula is C15H23O6P. The van der Waals surface area contributed by atoms with Gasteiger partial charge in [0, 0.05) is 0 Å². The van der Waals surface area contributed by atoms with Crippen LogP contribution < -0.4 is 4.74 Å². The van der Waals surface area contributed by atoms with Gasteiger partial charge in [0.25, 0.3) is 0 Å². The van der Waals surface area contributed by atoms with Crippen LogP contribution in [0.15, 0.2) is 24.3 Å². The van der Waals surface area contributed by atoms with Gasteiger partial charge in [-0.1, -0.05) is 51.2 Å². The third kappa shape index (κ3) is 7.59. The Morgan fingerprint density at radius 2 is 1.73 bits per heavy atom. The highest BCUT2D eigenvalue weighted by molar-refractivity contribution is 7.46. The molecule has 1 aromatic carbocycles. The maximum Gasteiger partial charge on any atom is 0.527 e. The first-order valence-electron chi connectivity index (χ1n) is 7.45. The summed E-state index contributed by atoms with van der Waals surface area (Å²) in [6, 6.07) is 6.25. The zero-order valence-electron chi connectivity index (χ0n) is 12.7. The van der Waals surface area contributed by atoms with E-state index >= 15 is 0 Å². The molecule has 6 nitrogen and oxygen atoms in total. The molecule has 22 heavy (non-hydrogen) atoms. The van der Waals surface area contributed by atoms with Gasteiger partial charge in [-0.3, -0.25) is 9.79 Å². The lowest BCUT2D eigenvalue weighted by atomic mass is 10.1. The summed E-state index contributed by atoms with van der Waals surface area (Å²) in [7, 11) is -4.86. The van der Waals surface area contributed by atoms with Gasteiger partial charge >= 0.3 is 13.8 Å². The van der Waals surface area contributed by atoms with E-state index in [1.54, 1.807) is 18.2 Å². The van der Waals surface area contributed by atoms with Crippen LogP contribution in [0, 0.1) is 0 Å². The highest BCUT2D eigenvalue weighted by Gasteiger charge is 2.23. The van der Waals surface area contributed by atoms with Crippen molar-refractivity contribution < 1.29 is 28.4 Å². The summed E-state index contributed by atoms with van der Waals surface area (Å²) in [4.78, 5) is 29.1. The second-order valence-corrected chi connectivity index (χ2v) is 6.15. The summed E-state index contributed by atoms with van der Waals surface area (Å²) in [5, 5.41) is 0. The van der Waals surface area contributed by atoms with Crippen molar-refractivity contribution in [3.05, 3.63) is 29.8 Å². The zero-order chi connectivity index (χ0) is 16.4. The Kier molecular flexibility index (Phi) is 8.17. The standard InChI is InChI=1S/C15H23O6P/c1-2-3-4-5-6-9-12-20-14-11-8-7-10-13(14)15(16)21-22(17,18)19/h7-8,10-11H,2-6,9,12H2,1H3,(H2,17,18,19). The number of carbonyl (C=O) groups is 1.